The number of aliphatic hydroxyl groups excluding tert-OH is 28. The third-order valence-corrected chi connectivity index (χ3v) is 24.9. The summed E-state index contributed by atoms with van der Waals surface area (Å²) in [6, 6.07) is -9.94. The van der Waals surface area contributed by atoms with Crippen molar-refractivity contribution in [1.29, 1.82) is 0 Å². The number of carbonyl (C=O) groups is 5. The summed E-state index contributed by atoms with van der Waals surface area (Å²) in [6.45, 7) is -3.42. The fourth-order valence-corrected chi connectivity index (χ4v) is 17.7. The van der Waals surface area contributed by atoms with E-state index in [2.05, 4.69) is 26.6 Å². The van der Waals surface area contributed by atoms with Crippen LogP contribution in [0, 0.1) is 0 Å². The Morgan fingerprint density at radius 1 is 0.207 bits per heavy atom. The molecule has 11 saturated heterocycles. The molecule has 59 nitrogen and oxygen atoms in total. The molecule has 11 rings (SSSR count). The summed E-state index contributed by atoms with van der Waals surface area (Å²) in [5.41, 5.74) is 0. The van der Waals surface area contributed by atoms with Crippen LogP contribution in [-0.4, -0.2) is 569 Å². The van der Waals surface area contributed by atoms with Crippen LogP contribution < -0.4 is 26.6 Å². The molecule has 55 atom stereocenters. The molecule has 59 heteroatoms. The summed E-state index contributed by atoms with van der Waals surface area (Å²) in [4.78, 5) is 66.2. The van der Waals surface area contributed by atoms with E-state index < -0.39 is 426 Å². The molecular formula is C76H127N5O54. The van der Waals surface area contributed by atoms with Crippen molar-refractivity contribution in [3.63, 3.8) is 0 Å². The lowest BCUT2D eigenvalue weighted by Gasteiger charge is -2.52. The van der Waals surface area contributed by atoms with E-state index in [9.17, 15) is 167 Å². The molecule has 0 spiro atoms. The highest BCUT2D eigenvalue weighted by atomic mass is 16.8. The van der Waals surface area contributed by atoms with Gasteiger partial charge in [0, 0.05) is 34.6 Å². The molecule has 0 bridgehead atoms. The second-order valence-corrected chi connectivity index (χ2v) is 34.5. The van der Waals surface area contributed by atoms with Crippen molar-refractivity contribution in [2.75, 3.05) is 59.5 Å². The lowest BCUT2D eigenvalue weighted by atomic mass is 9.93. The van der Waals surface area contributed by atoms with Crippen molar-refractivity contribution in [2.45, 2.75) is 386 Å². The molecule has 0 unspecified atom stereocenters. The molecule has 0 aromatic rings. The number of amides is 5. The summed E-state index contributed by atoms with van der Waals surface area (Å²) in [5.74, 6) is -4.91. The molecule has 135 heavy (non-hydrogen) atoms. The first-order chi connectivity index (χ1) is 63.8. The van der Waals surface area contributed by atoms with Crippen molar-refractivity contribution >= 4 is 29.5 Å². The first kappa shape index (κ1) is 111. The van der Waals surface area contributed by atoms with E-state index >= 15 is 0 Å². The number of hydrogen-bond acceptors (Lipinski definition) is 54. The standard InChI is InChI=1S/C76H127N5O54/c1-17-38(95)49(106)53(110)72(116-17)130-60-31(15-89)125-71(37(81-23(7)94)61(60)131-68-33(77-19(3)90)45(102)40(97)24(8-82)119-68)133-63-44(101)32(126-75(56(63)113)127-57-30(14-88)124-70(36(48(57)105)80-22(6)93)132-62-42(99)26(10-84)121-74(55(62)112)128-59-28(12-86)118-66(114)52(109)51(59)108)16-115-67-35(79-21(5)92)47(104)58(29(13-87)123-67)129-76-65(135-73-54(111)50(107)39(96)18(2)117-73)64(43(100)27(11-85)122-76)134-69-34(78-20(4)91)46(103)41(98)25(9-83)120-69/h17-18,24-76,82-89,95-114H,8-16H2,1-7H3,(H,77,90)(H,78,91)(H,79,92)(H,80,93)(H,81,94)/t17-,18-,24+,25+,26+,27+,28+,29+,30+,31+,32+,33+,34+,35+,36+,37+,38+,39+,40-,41-,42-,43-,44-,45+,46+,47+,48+,49+,50+,51+,52+,53-,54-,55+,56+,57+,58+,59+,60+,61+,62-,63-,64-,65+,66+,67+,68+,69+,70-,71-,72-,73-,74-,75-,76-/m0/s1. The van der Waals surface area contributed by atoms with Gasteiger partial charge in [-0.05, 0) is 13.8 Å². The van der Waals surface area contributed by atoms with Crippen molar-refractivity contribution < 1.29 is 266 Å². The molecule has 0 aromatic heterocycles. The first-order valence-corrected chi connectivity index (χ1v) is 43.4. The van der Waals surface area contributed by atoms with Crippen molar-refractivity contribution in [3.8, 4) is 0 Å². The van der Waals surface area contributed by atoms with Crippen LogP contribution in [-0.2, 0) is 123 Å². The van der Waals surface area contributed by atoms with E-state index in [1.165, 1.54) is 13.8 Å². The van der Waals surface area contributed by atoms with E-state index in [1.807, 2.05) is 0 Å². The fraction of sp³-hybridized carbons (Fsp3) is 0.934. The molecule has 0 aliphatic carbocycles. The van der Waals surface area contributed by atoms with E-state index in [-0.39, 0.29) is 0 Å². The molecule has 33 N–H and O–H groups in total. The maximum atomic E-state index is 13.8. The van der Waals surface area contributed by atoms with E-state index in [0.29, 0.717) is 0 Å². The highest BCUT2D eigenvalue weighted by Crippen LogP contribution is 2.43. The first-order valence-electron chi connectivity index (χ1n) is 43.4. The minimum absolute atomic E-state index is 0.872. The molecule has 11 heterocycles. The number of rotatable bonds is 34. The van der Waals surface area contributed by atoms with Gasteiger partial charge in [-0.15, -0.1) is 0 Å². The van der Waals surface area contributed by atoms with Crippen LogP contribution in [0.5, 0.6) is 0 Å². The monoisotopic (exact) mass is 1970 g/mol. The molecule has 0 aromatic carbocycles. The molecule has 11 aliphatic heterocycles. The third kappa shape index (κ3) is 24.6. The average molecular weight is 1970 g/mol. The number of nitrogens with one attached hydrogen (secondary N) is 5. The predicted molar refractivity (Wildman–Crippen MR) is 417 cm³/mol. The molecule has 11 fully saturated rings. The number of ether oxygens (including phenoxy) is 21. The van der Waals surface area contributed by atoms with Crippen LogP contribution >= 0.6 is 0 Å². The van der Waals surface area contributed by atoms with Crippen LogP contribution in [0.15, 0.2) is 0 Å². The number of aliphatic hydroxyl groups is 28. The quantitative estimate of drug-likeness (QED) is 0.0284. The zero-order valence-corrected chi connectivity index (χ0v) is 73.3. The molecule has 0 radical (unpaired) electrons. The van der Waals surface area contributed by atoms with Gasteiger partial charge >= 0.3 is 0 Å². The van der Waals surface area contributed by atoms with Gasteiger partial charge < -0.3 is 269 Å². The maximum absolute atomic E-state index is 13.8. The summed E-state index contributed by atoms with van der Waals surface area (Å²) in [5, 5.41) is 328. The van der Waals surface area contributed by atoms with Crippen LogP contribution in [0.3, 0.4) is 0 Å². The fourth-order valence-electron chi connectivity index (χ4n) is 17.7. The van der Waals surface area contributed by atoms with E-state index in [1.54, 1.807) is 0 Å². The smallest absolute Gasteiger partial charge is 0.217 e. The Morgan fingerprint density at radius 2 is 0.474 bits per heavy atom. The van der Waals surface area contributed by atoms with Gasteiger partial charge in [-0.1, -0.05) is 0 Å². The normalized spacial score (nSPS) is 49.5. The Kier molecular flexibility index (Phi) is 39.5. The Bertz CT molecular complexity index is 3750. The third-order valence-electron chi connectivity index (χ3n) is 24.9. The largest absolute Gasteiger partial charge is 0.394 e. The predicted octanol–water partition coefficient (Wildman–Crippen LogP) is -22.2. The lowest BCUT2D eigenvalue weighted by Crippen LogP contribution is -2.72. The van der Waals surface area contributed by atoms with Crippen LogP contribution in [0.25, 0.3) is 0 Å². The Morgan fingerprint density at radius 3 is 0.889 bits per heavy atom. The molecular weight excluding hydrogens is 1850 g/mol. The van der Waals surface area contributed by atoms with Gasteiger partial charge in [0.05, 0.1) is 71.7 Å². The Balaban J connectivity index is 0.956. The molecule has 5 amide bonds. The molecule has 0 saturated carbocycles. The summed E-state index contributed by atoms with van der Waals surface area (Å²) in [7, 11) is 0. The summed E-state index contributed by atoms with van der Waals surface area (Å²) in [6.07, 6.45) is -105. The number of carbonyl (C=O) groups excluding carboxylic acids is 5. The van der Waals surface area contributed by atoms with Gasteiger partial charge in [0.1, 0.15) is 256 Å². The van der Waals surface area contributed by atoms with E-state index in [0.717, 1.165) is 34.6 Å². The van der Waals surface area contributed by atoms with Gasteiger partial charge in [-0.2, -0.15) is 0 Å². The minimum atomic E-state index is -2.66. The van der Waals surface area contributed by atoms with Crippen molar-refractivity contribution in [3.05, 3.63) is 0 Å². The van der Waals surface area contributed by atoms with E-state index in [4.69, 9.17) is 99.5 Å². The maximum Gasteiger partial charge on any atom is 0.217 e. The number of hydrogen-bond donors (Lipinski definition) is 33. The SMILES string of the molecule is CC(=O)N[C@H]1[C@H](O[C@H]2[C@@H](O)[C@@H](CO)O[C@@H](O[C@H]3[C@H](O)[C@@H](O)[C@H](O)O[C@@H]3CO)[C@@H]2O)O[C@H](CO)[C@@H](O[C@@H]2O[C@H](CO[C@@H]3O[C@H](CO)[C@@H](O[C@@H]4O[C@H](CO)[C@H](O)[C@H](O[C@H]5O[C@H](CO)[C@H](O)[C@H](O)[C@H]5NC(C)=O)[C@H]4O[C@@H]4O[C@@H](C)[C@@H](O)[C@@H](O)[C@@H]4O)[C@H](O)[C@H]3NC(C)=O)[C@H](O)[C@H](O[C@@H]3O[C@H](CO)[C@@H](O[C@@H]4O[C@@H](C)[C@@H](O)[C@@H](O)[C@@H]4O)[C@H](O[C@H]4O[C@H](CO)[C@H](O)[C@H](O)[C@H]4NC(C)=O)[C@H]3NC(C)=O)[C@H]2O)[C@@H]1O. The topological polar surface area (TPSA) is 906 Å². The summed E-state index contributed by atoms with van der Waals surface area (Å²) >= 11 is 0. The van der Waals surface area contributed by atoms with Gasteiger partial charge in [0.2, 0.25) is 29.5 Å². The van der Waals surface area contributed by atoms with Gasteiger partial charge in [0.15, 0.2) is 69.2 Å². The molecule has 11 aliphatic rings. The minimum Gasteiger partial charge on any atom is -0.394 e. The van der Waals surface area contributed by atoms with Gasteiger partial charge in [-0.25, -0.2) is 0 Å². The highest BCUT2D eigenvalue weighted by Gasteiger charge is 2.64. The van der Waals surface area contributed by atoms with Crippen molar-refractivity contribution in [1.82, 2.24) is 26.6 Å². The molecule has 780 valence electrons. The van der Waals surface area contributed by atoms with Crippen molar-refractivity contribution in [2.24, 2.45) is 0 Å². The average Bonchev–Trinajstić information content (AvgIpc) is 0.758. The second-order valence-electron chi connectivity index (χ2n) is 34.5. The lowest BCUT2D eigenvalue weighted by molar-refractivity contribution is -0.400. The highest BCUT2D eigenvalue weighted by molar-refractivity contribution is 5.75. The Labute approximate surface area is 765 Å². The summed E-state index contributed by atoms with van der Waals surface area (Å²) < 4.78 is 127. The zero-order valence-electron chi connectivity index (χ0n) is 73.3. The van der Waals surface area contributed by atoms with Gasteiger partial charge in [-0.3, -0.25) is 24.0 Å². The Hall–Kier alpha value is -4.61. The van der Waals surface area contributed by atoms with Gasteiger partial charge in [0.25, 0.3) is 0 Å². The van der Waals surface area contributed by atoms with Crippen LogP contribution in [0.2, 0.25) is 0 Å². The van der Waals surface area contributed by atoms with Crippen LogP contribution in [0.1, 0.15) is 48.5 Å². The van der Waals surface area contributed by atoms with Crippen LogP contribution in [0.4, 0.5) is 0 Å². The zero-order chi connectivity index (χ0) is 99.4. The second kappa shape index (κ2) is 48.2.